The summed E-state index contributed by atoms with van der Waals surface area (Å²) in [6, 6.07) is 18.3. The van der Waals surface area contributed by atoms with E-state index < -0.39 is 5.97 Å². The van der Waals surface area contributed by atoms with Crippen LogP contribution in [0.25, 0.3) is 21.3 Å². The van der Waals surface area contributed by atoms with Crippen LogP contribution in [0.1, 0.15) is 16.1 Å². The number of aromatic hydroxyl groups is 1. The number of nitrogens with zero attached hydrogens (tertiary/aromatic N) is 1. The van der Waals surface area contributed by atoms with Crippen LogP contribution in [0.3, 0.4) is 0 Å². The predicted molar refractivity (Wildman–Crippen MR) is 109 cm³/mol. The van der Waals surface area contributed by atoms with Crippen LogP contribution >= 0.6 is 11.3 Å². The van der Waals surface area contributed by atoms with E-state index in [1.165, 1.54) is 11.3 Å². The molecule has 3 aromatic carbocycles. The van der Waals surface area contributed by atoms with Crippen LogP contribution in [-0.4, -0.2) is 23.2 Å². The van der Waals surface area contributed by atoms with Gasteiger partial charge in [-0.25, -0.2) is 9.78 Å². The van der Waals surface area contributed by atoms with Crippen LogP contribution < -0.4 is 4.74 Å². The van der Waals surface area contributed by atoms with E-state index in [0.29, 0.717) is 11.1 Å². The van der Waals surface area contributed by atoms with Gasteiger partial charge in [0.15, 0.2) is 0 Å². The highest BCUT2D eigenvalue weighted by molar-refractivity contribution is 7.13. The van der Waals surface area contributed by atoms with Gasteiger partial charge in [-0.05, 0) is 35.7 Å². The topological polar surface area (TPSA) is 68.7 Å². The van der Waals surface area contributed by atoms with Gasteiger partial charge in [0.05, 0.1) is 12.8 Å². The molecule has 0 amide bonds. The predicted octanol–water partition coefficient (Wildman–Crippen LogP) is 5.03. The van der Waals surface area contributed by atoms with Crippen LogP contribution in [0.15, 0.2) is 66.0 Å². The molecule has 0 aliphatic heterocycles. The quantitative estimate of drug-likeness (QED) is 0.483. The van der Waals surface area contributed by atoms with Gasteiger partial charge in [0.2, 0.25) is 0 Å². The summed E-state index contributed by atoms with van der Waals surface area (Å²) in [5.74, 6) is 0.132. The number of carbonyl (C=O) groups excluding carboxylic acids is 1. The SMILES string of the molecule is COc1ccc(-c2nc(COC(=O)c3ccc4ccccc4c3O)cs2)cc1. The molecular formula is C22H17NO4S. The van der Waals surface area contributed by atoms with E-state index in [1.54, 1.807) is 25.3 Å². The fraction of sp³-hybridized carbons (Fsp3) is 0.0909. The number of benzene rings is 3. The number of hydrogen-bond donors (Lipinski definition) is 1. The van der Waals surface area contributed by atoms with Crippen LogP contribution in [0.5, 0.6) is 11.5 Å². The lowest BCUT2D eigenvalue weighted by molar-refractivity contribution is 0.0465. The summed E-state index contributed by atoms with van der Waals surface area (Å²) in [7, 11) is 1.62. The summed E-state index contributed by atoms with van der Waals surface area (Å²) in [6.07, 6.45) is 0. The molecule has 0 atom stereocenters. The molecular weight excluding hydrogens is 374 g/mol. The zero-order valence-electron chi connectivity index (χ0n) is 15.1. The average molecular weight is 391 g/mol. The second kappa shape index (κ2) is 7.70. The van der Waals surface area contributed by atoms with E-state index >= 15 is 0 Å². The van der Waals surface area contributed by atoms with Crippen molar-refractivity contribution >= 4 is 28.1 Å². The minimum Gasteiger partial charge on any atom is -0.506 e. The lowest BCUT2D eigenvalue weighted by Crippen LogP contribution is -2.06. The Morgan fingerprint density at radius 1 is 1.07 bits per heavy atom. The third-order valence-corrected chi connectivity index (χ3v) is 5.30. The van der Waals surface area contributed by atoms with Crippen LogP contribution in [0.4, 0.5) is 0 Å². The largest absolute Gasteiger partial charge is 0.506 e. The molecule has 1 aromatic heterocycles. The zero-order valence-corrected chi connectivity index (χ0v) is 15.9. The van der Waals surface area contributed by atoms with E-state index in [9.17, 15) is 9.90 Å². The molecule has 1 heterocycles. The average Bonchev–Trinajstić information content (AvgIpc) is 3.21. The third-order valence-electron chi connectivity index (χ3n) is 4.36. The fourth-order valence-electron chi connectivity index (χ4n) is 2.88. The van der Waals surface area contributed by atoms with Crippen LogP contribution in [-0.2, 0) is 11.3 Å². The van der Waals surface area contributed by atoms with Gasteiger partial charge in [-0.1, -0.05) is 30.3 Å². The van der Waals surface area contributed by atoms with Crippen molar-refractivity contribution in [3.63, 3.8) is 0 Å². The van der Waals surface area contributed by atoms with Crippen LogP contribution in [0.2, 0.25) is 0 Å². The second-order valence-electron chi connectivity index (χ2n) is 6.13. The molecule has 4 aromatic rings. The lowest BCUT2D eigenvalue weighted by Gasteiger charge is -2.07. The van der Waals surface area contributed by atoms with Crippen molar-refractivity contribution in [2.45, 2.75) is 6.61 Å². The highest BCUT2D eigenvalue weighted by Gasteiger charge is 2.16. The van der Waals surface area contributed by atoms with E-state index in [2.05, 4.69) is 4.98 Å². The van der Waals surface area contributed by atoms with E-state index in [0.717, 1.165) is 21.7 Å². The molecule has 0 radical (unpaired) electrons. The summed E-state index contributed by atoms with van der Waals surface area (Å²) in [5.41, 5.74) is 1.77. The monoisotopic (exact) mass is 391 g/mol. The smallest absolute Gasteiger partial charge is 0.342 e. The molecule has 28 heavy (non-hydrogen) atoms. The molecule has 0 aliphatic rings. The van der Waals surface area contributed by atoms with Gasteiger partial charge in [0.1, 0.15) is 28.7 Å². The Labute approximate surface area is 165 Å². The number of aromatic nitrogens is 1. The van der Waals surface area contributed by atoms with Crippen molar-refractivity contribution in [2.24, 2.45) is 0 Å². The Morgan fingerprint density at radius 2 is 1.86 bits per heavy atom. The first-order chi connectivity index (χ1) is 13.7. The number of ether oxygens (including phenoxy) is 2. The number of methoxy groups -OCH3 is 1. The number of hydrogen-bond acceptors (Lipinski definition) is 6. The van der Waals surface area contributed by atoms with Gasteiger partial charge in [0.25, 0.3) is 0 Å². The molecule has 1 N–H and O–H groups in total. The summed E-state index contributed by atoms with van der Waals surface area (Å²) >= 11 is 1.48. The Morgan fingerprint density at radius 3 is 2.64 bits per heavy atom. The number of esters is 1. The molecule has 0 aliphatic carbocycles. The minimum absolute atomic E-state index is 0.0394. The molecule has 0 saturated heterocycles. The van der Waals surface area contributed by atoms with Gasteiger partial charge in [-0.3, -0.25) is 0 Å². The molecule has 0 unspecified atom stereocenters. The number of fused-ring (bicyclic) bond motifs is 1. The normalized spacial score (nSPS) is 10.8. The minimum atomic E-state index is -0.581. The third kappa shape index (κ3) is 3.54. The number of rotatable bonds is 5. The maximum absolute atomic E-state index is 12.4. The molecule has 4 rings (SSSR count). The second-order valence-corrected chi connectivity index (χ2v) is 6.99. The van der Waals surface area contributed by atoms with Gasteiger partial charge >= 0.3 is 5.97 Å². The number of carbonyl (C=O) groups is 1. The van der Waals surface area contributed by atoms with Crippen molar-refractivity contribution in [1.82, 2.24) is 4.98 Å². The van der Waals surface area contributed by atoms with Gasteiger partial charge in [-0.2, -0.15) is 0 Å². The van der Waals surface area contributed by atoms with Crippen LogP contribution in [0, 0.1) is 0 Å². The summed E-state index contributed by atoms with van der Waals surface area (Å²) in [6.45, 7) is 0.0394. The Bertz CT molecular complexity index is 1130. The van der Waals surface area contributed by atoms with Gasteiger partial charge in [-0.15, -0.1) is 11.3 Å². The summed E-state index contributed by atoms with van der Waals surface area (Å²) in [4.78, 5) is 16.9. The Balaban J connectivity index is 1.47. The Kier molecular flexibility index (Phi) is 4.95. The van der Waals surface area contributed by atoms with Crippen molar-refractivity contribution in [3.8, 4) is 22.1 Å². The highest BCUT2D eigenvalue weighted by atomic mass is 32.1. The first-order valence-electron chi connectivity index (χ1n) is 8.62. The molecule has 0 bridgehead atoms. The lowest BCUT2D eigenvalue weighted by atomic mass is 10.1. The Hall–Kier alpha value is -3.38. The summed E-state index contributed by atoms with van der Waals surface area (Å²) < 4.78 is 10.5. The van der Waals surface area contributed by atoms with E-state index in [4.69, 9.17) is 9.47 Å². The molecule has 0 fully saturated rings. The molecule has 6 heteroatoms. The highest BCUT2D eigenvalue weighted by Crippen LogP contribution is 2.30. The van der Waals surface area contributed by atoms with Crippen molar-refractivity contribution in [3.05, 3.63) is 77.3 Å². The van der Waals surface area contributed by atoms with Crippen molar-refractivity contribution in [2.75, 3.05) is 7.11 Å². The van der Waals surface area contributed by atoms with E-state index in [1.807, 2.05) is 47.8 Å². The maximum atomic E-state index is 12.4. The van der Waals surface area contributed by atoms with Gasteiger partial charge < -0.3 is 14.6 Å². The fourth-order valence-corrected chi connectivity index (χ4v) is 3.69. The summed E-state index contributed by atoms with van der Waals surface area (Å²) in [5, 5.41) is 14.6. The van der Waals surface area contributed by atoms with Gasteiger partial charge in [0, 0.05) is 16.3 Å². The molecule has 5 nitrogen and oxygen atoms in total. The first-order valence-corrected chi connectivity index (χ1v) is 9.50. The standard InChI is InChI=1S/C22H17NO4S/c1-26-17-9-6-15(7-10-17)21-23-16(13-28-21)12-27-22(25)19-11-8-14-4-2-3-5-18(14)20(19)24/h2-11,13,24H,12H2,1H3. The first kappa shape index (κ1) is 18.0. The molecule has 140 valence electrons. The molecule has 0 saturated carbocycles. The number of phenolic OH excluding ortho intramolecular Hbond substituents is 1. The molecule has 0 spiro atoms. The van der Waals surface area contributed by atoms with E-state index in [-0.39, 0.29) is 17.9 Å². The zero-order chi connectivity index (χ0) is 19.5. The van der Waals surface area contributed by atoms with Crippen molar-refractivity contribution < 1.29 is 19.4 Å². The number of thiazole rings is 1. The van der Waals surface area contributed by atoms with Crippen molar-refractivity contribution in [1.29, 1.82) is 0 Å². The number of phenols is 1. The maximum Gasteiger partial charge on any atom is 0.342 e.